The van der Waals surface area contributed by atoms with Gasteiger partial charge in [-0.2, -0.15) is 0 Å². The van der Waals surface area contributed by atoms with Crippen molar-refractivity contribution in [2.75, 3.05) is 13.2 Å². The van der Waals surface area contributed by atoms with Crippen LogP contribution in [0.15, 0.2) is 63.9 Å². The molecule has 1 atom stereocenters. The molecule has 1 saturated heterocycles. The molecule has 1 amide bonds. The normalized spacial score (nSPS) is 16.0. The summed E-state index contributed by atoms with van der Waals surface area (Å²) in [6, 6.07) is 13.6. The van der Waals surface area contributed by atoms with E-state index in [1.807, 2.05) is 47.4 Å². The molecule has 0 radical (unpaired) electrons. The molecule has 1 aromatic carbocycles. The van der Waals surface area contributed by atoms with Gasteiger partial charge in [0.1, 0.15) is 23.1 Å². The molecule has 1 fully saturated rings. The summed E-state index contributed by atoms with van der Waals surface area (Å²) >= 11 is 0. The first kappa shape index (κ1) is 20.5. The molecule has 172 valence electrons. The van der Waals surface area contributed by atoms with Gasteiger partial charge in [0.25, 0.3) is 5.91 Å². The molecular weight excluding hydrogens is 434 g/mol. The maximum Gasteiger partial charge on any atom is 0.259 e. The molecule has 0 N–H and O–H groups in total. The van der Waals surface area contributed by atoms with Crippen LogP contribution in [0.4, 0.5) is 0 Å². The van der Waals surface area contributed by atoms with Gasteiger partial charge in [-0.3, -0.25) is 4.79 Å². The third-order valence-corrected chi connectivity index (χ3v) is 6.34. The molecular formula is C25H23N5O4. The molecule has 5 aromatic rings. The molecule has 4 aromatic heterocycles. The van der Waals surface area contributed by atoms with Crippen LogP contribution >= 0.6 is 0 Å². The number of carbonyl (C=O) groups excluding carboxylic acids is 1. The van der Waals surface area contributed by atoms with E-state index in [0.717, 1.165) is 42.5 Å². The third kappa shape index (κ3) is 3.59. The Morgan fingerprint density at radius 2 is 2.15 bits per heavy atom. The van der Waals surface area contributed by atoms with Crippen molar-refractivity contribution >= 4 is 22.5 Å². The van der Waals surface area contributed by atoms with Crippen molar-refractivity contribution in [3.63, 3.8) is 0 Å². The zero-order chi connectivity index (χ0) is 23.1. The molecule has 0 unspecified atom stereocenters. The lowest BCUT2D eigenvalue weighted by Gasteiger charge is -2.24. The lowest BCUT2D eigenvalue weighted by Crippen LogP contribution is -2.36. The van der Waals surface area contributed by atoms with Gasteiger partial charge in [0.05, 0.1) is 18.5 Å². The first-order valence-electron chi connectivity index (χ1n) is 11.4. The van der Waals surface area contributed by atoms with Crippen LogP contribution in [0.2, 0.25) is 0 Å². The maximum absolute atomic E-state index is 12.9. The highest BCUT2D eigenvalue weighted by Crippen LogP contribution is 2.28. The van der Waals surface area contributed by atoms with Crippen LogP contribution in [-0.2, 0) is 0 Å². The Balaban J connectivity index is 1.16. The van der Waals surface area contributed by atoms with Gasteiger partial charge >= 0.3 is 0 Å². The number of amides is 1. The second-order valence-corrected chi connectivity index (χ2v) is 8.48. The SMILES string of the molecule is Cc1nocc1C(=O)N1CCC[C@H]1CCOc1ccc2ncc(-c3cc4ccccc4o3)n2n1. The van der Waals surface area contributed by atoms with Crippen LogP contribution in [0.5, 0.6) is 5.88 Å². The van der Waals surface area contributed by atoms with E-state index >= 15 is 0 Å². The minimum absolute atomic E-state index is 0.0327. The zero-order valence-electron chi connectivity index (χ0n) is 18.7. The number of hydrogen-bond donors (Lipinski definition) is 0. The zero-order valence-corrected chi connectivity index (χ0v) is 18.7. The van der Waals surface area contributed by atoms with Crippen molar-refractivity contribution in [1.29, 1.82) is 0 Å². The van der Waals surface area contributed by atoms with Gasteiger partial charge < -0.3 is 18.6 Å². The fourth-order valence-electron chi connectivity index (χ4n) is 4.56. The molecule has 0 saturated carbocycles. The van der Waals surface area contributed by atoms with Gasteiger partial charge in [0.2, 0.25) is 5.88 Å². The topological polar surface area (TPSA) is 98.9 Å². The van der Waals surface area contributed by atoms with Gasteiger partial charge in [-0.15, -0.1) is 5.10 Å². The number of para-hydroxylation sites is 1. The third-order valence-electron chi connectivity index (χ3n) is 6.34. The van der Waals surface area contributed by atoms with Crippen molar-refractivity contribution in [1.82, 2.24) is 24.7 Å². The number of aromatic nitrogens is 4. The Morgan fingerprint density at radius 3 is 3.00 bits per heavy atom. The molecule has 0 aliphatic carbocycles. The summed E-state index contributed by atoms with van der Waals surface area (Å²) < 4.78 is 18.6. The fourth-order valence-corrected chi connectivity index (χ4v) is 4.56. The predicted molar refractivity (Wildman–Crippen MR) is 124 cm³/mol. The number of rotatable bonds is 6. The summed E-state index contributed by atoms with van der Waals surface area (Å²) in [5.41, 5.74) is 3.42. The second kappa shape index (κ2) is 8.33. The molecule has 34 heavy (non-hydrogen) atoms. The molecule has 9 nitrogen and oxygen atoms in total. The van der Waals surface area contributed by atoms with Gasteiger partial charge in [-0.25, -0.2) is 9.50 Å². The highest BCUT2D eigenvalue weighted by atomic mass is 16.5. The van der Waals surface area contributed by atoms with E-state index in [1.165, 1.54) is 6.26 Å². The van der Waals surface area contributed by atoms with Crippen molar-refractivity contribution in [3.8, 4) is 17.3 Å². The van der Waals surface area contributed by atoms with Crippen molar-refractivity contribution in [2.24, 2.45) is 0 Å². The smallest absolute Gasteiger partial charge is 0.259 e. The Labute approximate surface area is 194 Å². The van der Waals surface area contributed by atoms with Crippen LogP contribution in [0, 0.1) is 6.92 Å². The number of nitrogens with zero attached hydrogens (tertiary/aromatic N) is 5. The van der Waals surface area contributed by atoms with Crippen molar-refractivity contribution < 1.29 is 18.5 Å². The van der Waals surface area contributed by atoms with E-state index in [-0.39, 0.29) is 11.9 Å². The number of fused-ring (bicyclic) bond motifs is 2. The number of imidazole rings is 1. The lowest BCUT2D eigenvalue weighted by molar-refractivity contribution is 0.0717. The predicted octanol–water partition coefficient (Wildman–Crippen LogP) is 4.51. The molecule has 1 aliphatic rings. The summed E-state index contributed by atoms with van der Waals surface area (Å²) in [4.78, 5) is 19.2. The Hall–Kier alpha value is -4.14. The van der Waals surface area contributed by atoms with Crippen LogP contribution in [0.25, 0.3) is 28.1 Å². The minimum Gasteiger partial charge on any atom is -0.477 e. The van der Waals surface area contributed by atoms with Crippen LogP contribution in [0.3, 0.4) is 0 Å². The number of hydrogen-bond acceptors (Lipinski definition) is 7. The standard InChI is InChI=1S/C25H23N5O4/c1-16-19(15-33-28-16)25(31)29-11-4-6-18(29)10-12-32-24-9-8-23-26-14-20(30(23)27-24)22-13-17-5-2-3-7-21(17)34-22/h2-3,5,7-9,13-15,18H,4,6,10-12H2,1H3/t18-/m0/s1. The highest BCUT2D eigenvalue weighted by molar-refractivity contribution is 5.95. The van der Waals surface area contributed by atoms with Crippen molar-refractivity contribution in [2.45, 2.75) is 32.2 Å². The van der Waals surface area contributed by atoms with Crippen LogP contribution in [0.1, 0.15) is 35.3 Å². The van der Waals surface area contributed by atoms with Gasteiger partial charge in [0.15, 0.2) is 11.4 Å². The minimum atomic E-state index is -0.0327. The Morgan fingerprint density at radius 1 is 1.24 bits per heavy atom. The number of carbonyl (C=O) groups is 1. The summed E-state index contributed by atoms with van der Waals surface area (Å²) in [5, 5.41) is 9.48. The number of likely N-dealkylation sites (tertiary alicyclic amines) is 1. The molecule has 9 heteroatoms. The average molecular weight is 457 g/mol. The Bertz CT molecular complexity index is 1450. The van der Waals surface area contributed by atoms with Crippen molar-refractivity contribution in [3.05, 3.63) is 66.2 Å². The van der Waals surface area contributed by atoms with E-state index in [0.29, 0.717) is 35.2 Å². The quantitative estimate of drug-likeness (QED) is 0.370. The fraction of sp³-hybridized carbons (Fsp3) is 0.280. The molecule has 0 spiro atoms. The molecule has 6 rings (SSSR count). The highest BCUT2D eigenvalue weighted by Gasteiger charge is 2.31. The van der Waals surface area contributed by atoms with E-state index in [2.05, 4.69) is 15.2 Å². The largest absolute Gasteiger partial charge is 0.477 e. The monoisotopic (exact) mass is 457 g/mol. The lowest BCUT2D eigenvalue weighted by atomic mass is 10.1. The number of aryl methyl sites for hydroxylation is 1. The van der Waals surface area contributed by atoms with Gasteiger partial charge in [-0.05, 0) is 38.0 Å². The number of ether oxygens (including phenoxy) is 1. The van der Waals surface area contributed by atoms with Crippen LogP contribution in [-0.4, -0.2) is 49.8 Å². The summed E-state index contributed by atoms with van der Waals surface area (Å²) in [6.45, 7) is 2.96. The van der Waals surface area contributed by atoms with E-state index < -0.39 is 0 Å². The second-order valence-electron chi connectivity index (χ2n) is 8.48. The van der Waals surface area contributed by atoms with E-state index in [1.54, 1.807) is 17.6 Å². The molecule has 0 bridgehead atoms. The average Bonchev–Trinajstić information content (AvgIpc) is 3.63. The molecule has 1 aliphatic heterocycles. The number of benzene rings is 1. The van der Waals surface area contributed by atoms with Gasteiger partial charge in [0, 0.05) is 30.5 Å². The first-order chi connectivity index (χ1) is 16.7. The summed E-state index contributed by atoms with van der Waals surface area (Å²) in [6.07, 6.45) is 5.81. The number of furan rings is 1. The Kier molecular flexibility index (Phi) is 5.01. The van der Waals surface area contributed by atoms with E-state index in [9.17, 15) is 4.79 Å². The maximum atomic E-state index is 12.9. The van der Waals surface area contributed by atoms with Gasteiger partial charge in [-0.1, -0.05) is 23.4 Å². The first-order valence-corrected chi connectivity index (χ1v) is 11.4. The summed E-state index contributed by atoms with van der Waals surface area (Å²) in [7, 11) is 0. The summed E-state index contributed by atoms with van der Waals surface area (Å²) in [5.74, 6) is 1.16. The van der Waals surface area contributed by atoms with Crippen LogP contribution < -0.4 is 4.74 Å². The molecule has 5 heterocycles. The van der Waals surface area contributed by atoms with E-state index in [4.69, 9.17) is 13.7 Å².